The molecular weight excluding hydrogens is 458 g/mol. The van der Waals surface area contributed by atoms with Crippen LogP contribution in [-0.2, 0) is 22.2 Å². The zero-order valence-electron chi connectivity index (χ0n) is 17.9. The van der Waals surface area contributed by atoms with Crippen molar-refractivity contribution in [3.05, 3.63) is 60.2 Å². The predicted octanol–water partition coefficient (Wildman–Crippen LogP) is 2.28. The number of amides is 2. The molecule has 0 atom stereocenters. The van der Waals surface area contributed by atoms with E-state index in [1.54, 1.807) is 23.0 Å². The Bertz CT molecular complexity index is 1230. The van der Waals surface area contributed by atoms with Crippen LogP contribution in [0.5, 0.6) is 0 Å². The fraction of sp³-hybridized carbons (Fsp3) is 0.286. The van der Waals surface area contributed by atoms with Crippen LogP contribution in [0.25, 0.3) is 5.82 Å². The molecule has 0 bridgehead atoms. The maximum Gasteiger partial charge on any atom is 0.433 e. The van der Waals surface area contributed by atoms with Crippen LogP contribution in [0.3, 0.4) is 0 Å². The lowest BCUT2D eigenvalue weighted by Crippen LogP contribution is -2.48. The monoisotopic (exact) mass is 477 g/mol. The van der Waals surface area contributed by atoms with Crippen LogP contribution < -0.4 is 10.2 Å². The molecule has 4 heterocycles. The number of nitrogens with one attached hydrogen (secondary N) is 1. The van der Waals surface area contributed by atoms with Gasteiger partial charge in [0.05, 0.1) is 36.7 Å². The summed E-state index contributed by atoms with van der Waals surface area (Å²) in [7, 11) is 1.72. The first-order valence-electron chi connectivity index (χ1n) is 10.1. The van der Waals surface area contributed by atoms with E-state index in [0.29, 0.717) is 18.9 Å². The topological polar surface area (TPSA) is 96.2 Å². The summed E-state index contributed by atoms with van der Waals surface area (Å²) in [5, 5.41) is 2.40. The molecule has 0 unspecified atom stereocenters. The van der Waals surface area contributed by atoms with E-state index in [1.165, 1.54) is 23.2 Å². The Balaban J connectivity index is 1.42. The van der Waals surface area contributed by atoms with Crippen molar-refractivity contribution in [1.29, 1.82) is 0 Å². The molecule has 0 aromatic carbocycles. The minimum atomic E-state index is -4.62. The summed E-state index contributed by atoms with van der Waals surface area (Å²) >= 11 is 0. The molecule has 13 heteroatoms. The number of imidazole rings is 1. The molecule has 178 valence electrons. The van der Waals surface area contributed by atoms with Crippen LogP contribution in [0, 0.1) is 5.82 Å². The van der Waals surface area contributed by atoms with Gasteiger partial charge in [0.1, 0.15) is 17.8 Å². The normalized spacial score (nSPS) is 14.4. The first kappa shape index (κ1) is 23.1. The Kier molecular flexibility index (Phi) is 6.18. The van der Waals surface area contributed by atoms with Gasteiger partial charge in [0.2, 0.25) is 11.8 Å². The third-order valence-corrected chi connectivity index (χ3v) is 5.14. The number of nitrogens with zero attached hydrogens (tertiary/aromatic N) is 6. The van der Waals surface area contributed by atoms with Crippen molar-refractivity contribution in [1.82, 2.24) is 24.4 Å². The number of hydrogen-bond donors (Lipinski definition) is 1. The van der Waals surface area contributed by atoms with Gasteiger partial charge in [-0.05, 0) is 12.1 Å². The number of anilines is 2. The van der Waals surface area contributed by atoms with Gasteiger partial charge in [-0.2, -0.15) is 13.2 Å². The molecule has 1 aliphatic heterocycles. The lowest BCUT2D eigenvalue weighted by molar-refractivity contribution is -0.141. The van der Waals surface area contributed by atoms with Crippen molar-refractivity contribution in [3.8, 4) is 5.82 Å². The highest BCUT2D eigenvalue weighted by Gasteiger charge is 2.32. The molecule has 3 aromatic rings. The highest BCUT2D eigenvalue weighted by atomic mass is 19.4. The smallest absolute Gasteiger partial charge is 0.344 e. The summed E-state index contributed by atoms with van der Waals surface area (Å²) in [5.41, 5.74) is -1.15. The number of alkyl halides is 3. The Hall–Kier alpha value is -4.03. The summed E-state index contributed by atoms with van der Waals surface area (Å²) in [4.78, 5) is 39.2. The van der Waals surface area contributed by atoms with Crippen molar-refractivity contribution in [2.75, 3.05) is 36.9 Å². The SMILES string of the molecule is CN1CCN(c2cn(-c3ncc(NC(=O)Cc4cccc(C(F)(F)F)n4)cc3F)cn2)CC1=O. The Labute approximate surface area is 191 Å². The van der Waals surface area contributed by atoms with E-state index < -0.39 is 30.0 Å². The molecular formula is C21H19F4N7O2. The molecule has 0 saturated carbocycles. The minimum absolute atomic E-state index is 0.0308. The van der Waals surface area contributed by atoms with E-state index in [0.717, 1.165) is 18.2 Å². The zero-order chi connectivity index (χ0) is 24.5. The molecule has 2 amide bonds. The van der Waals surface area contributed by atoms with Crippen molar-refractivity contribution >= 4 is 23.3 Å². The van der Waals surface area contributed by atoms with Gasteiger partial charge in [0.25, 0.3) is 0 Å². The fourth-order valence-corrected chi connectivity index (χ4v) is 3.34. The number of likely N-dealkylation sites (N-methyl/N-ethyl adjacent to an activating group) is 1. The Morgan fingerprint density at radius 1 is 1.21 bits per heavy atom. The maximum absolute atomic E-state index is 14.7. The first-order chi connectivity index (χ1) is 16.1. The summed E-state index contributed by atoms with van der Waals surface area (Å²) < 4.78 is 54.4. The van der Waals surface area contributed by atoms with Gasteiger partial charge in [-0.15, -0.1) is 0 Å². The number of aromatic nitrogens is 4. The van der Waals surface area contributed by atoms with Crippen molar-refractivity contribution in [3.63, 3.8) is 0 Å². The number of hydrogen-bond acceptors (Lipinski definition) is 6. The van der Waals surface area contributed by atoms with Gasteiger partial charge in [-0.1, -0.05) is 6.07 Å². The van der Waals surface area contributed by atoms with Crippen LogP contribution in [-0.4, -0.2) is 62.9 Å². The van der Waals surface area contributed by atoms with Gasteiger partial charge in [0, 0.05) is 26.2 Å². The van der Waals surface area contributed by atoms with E-state index >= 15 is 0 Å². The lowest BCUT2D eigenvalue weighted by Gasteiger charge is -2.31. The van der Waals surface area contributed by atoms with Crippen molar-refractivity contribution < 1.29 is 27.2 Å². The molecule has 1 saturated heterocycles. The number of carbonyl (C=O) groups is 2. The first-order valence-corrected chi connectivity index (χ1v) is 10.1. The van der Waals surface area contributed by atoms with Crippen LogP contribution >= 0.6 is 0 Å². The predicted molar refractivity (Wildman–Crippen MR) is 113 cm³/mol. The molecule has 1 N–H and O–H groups in total. The molecule has 1 aliphatic rings. The van der Waals surface area contributed by atoms with Crippen LogP contribution in [0.1, 0.15) is 11.4 Å². The van der Waals surface area contributed by atoms with E-state index in [9.17, 15) is 27.2 Å². The number of pyridine rings is 2. The summed E-state index contributed by atoms with van der Waals surface area (Å²) in [5.74, 6) is -1.06. The van der Waals surface area contributed by atoms with Crippen LogP contribution in [0.15, 0.2) is 43.0 Å². The molecule has 0 aliphatic carbocycles. The second kappa shape index (κ2) is 9.08. The van der Waals surface area contributed by atoms with Crippen LogP contribution in [0.2, 0.25) is 0 Å². The number of piperazine rings is 1. The molecule has 3 aromatic heterocycles. The second-order valence-corrected chi connectivity index (χ2v) is 7.64. The maximum atomic E-state index is 14.7. The fourth-order valence-electron chi connectivity index (χ4n) is 3.34. The number of halogens is 4. The van der Waals surface area contributed by atoms with Gasteiger partial charge >= 0.3 is 6.18 Å². The lowest BCUT2D eigenvalue weighted by atomic mass is 10.2. The molecule has 0 radical (unpaired) electrons. The average Bonchev–Trinajstić information content (AvgIpc) is 3.25. The average molecular weight is 477 g/mol. The highest BCUT2D eigenvalue weighted by Crippen LogP contribution is 2.27. The zero-order valence-corrected chi connectivity index (χ0v) is 17.9. The van der Waals surface area contributed by atoms with E-state index in [4.69, 9.17) is 0 Å². The third-order valence-electron chi connectivity index (χ3n) is 5.14. The summed E-state index contributed by atoms with van der Waals surface area (Å²) in [6.45, 7) is 1.29. The van der Waals surface area contributed by atoms with Crippen molar-refractivity contribution in [2.45, 2.75) is 12.6 Å². The van der Waals surface area contributed by atoms with E-state index in [2.05, 4.69) is 20.3 Å². The number of rotatable bonds is 5. The highest BCUT2D eigenvalue weighted by molar-refractivity contribution is 5.91. The van der Waals surface area contributed by atoms with Gasteiger partial charge < -0.3 is 15.1 Å². The second-order valence-electron chi connectivity index (χ2n) is 7.64. The molecule has 4 rings (SSSR count). The standard InChI is InChI=1S/C21H19F4N7O2/c1-30-5-6-31(11-19(30)34)17-10-32(12-27-17)20-15(22)7-14(9-26-20)29-18(33)8-13-3-2-4-16(28-13)21(23,24)25/h2-4,7,9-10,12H,5-6,8,11H2,1H3,(H,29,33). The molecule has 9 nitrogen and oxygen atoms in total. The third kappa shape index (κ3) is 5.13. The minimum Gasteiger partial charge on any atom is -0.344 e. The van der Waals surface area contributed by atoms with Gasteiger partial charge in [-0.3, -0.25) is 14.2 Å². The molecule has 1 fully saturated rings. The Morgan fingerprint density at radius 3 is 2.71 bits per heavy atom. The number of carbonyl (C=O) groups excluding carboxylic acids is 2. The van der Waals surface area contributed by atoms with E-state index in [-0.39, 0.29) is 29.7 Å². The molecule has 34 heavy (non-hydrogen) atoms. The van der Waals surface area contributed by atoms with Gasteiger partial charge in [-0.25, -0.2) is 19.3 Å². The van der Waals surface area contributed by atoms with E-state index in [1.807, 2.05) is 0 Å². The van der Waals surface area contributed by atoms with Crippen LogP contribution in [0.4, 0.5) is 29.1 Å². The van der Waals surface area contributed by atoms with Gasteiger partial charge in [0.15, 0.2) is 11.6 Å². The Morgan fingerprint density at radius 2 is 2.00 bits per heavy atom. The van der Waals surface area contributed by atoms with Crippen molar-refractivity contribution in [2.24, 2.45) is 0 Å². The largest absolute Gasteiger partial charge is 0.433 e. The quantitative estimate of drug-likeness (QED) is 0.567. The summed E-state index contributed by atoms with van der Waals surface area (Å²) in [6, 6.07) is 4.30. The summed E-state index contributed by atoms with van der Waals surface area (Å²) in [6.07, 6.45) is -0.929. The molecule has 0 spiro atoms.